The van der Waals surface area contributed by atoms with Crippen LogP contribution in [0, 0.1) is 5.92 Å². The molecule has 19 heavy (non-hydrogen) atoms. The molecule has 0 radical (unpaired) electrons. The van der Waals surface area contributed by atoms with E-state index in [-0.39, 0.29) is 17.9 Å². The molecule has 2 aliphatic rings. The molecular formula is C14H22N2O2S. The summed E-state index contributed by atoms with van der Waals surface area (Å²) in [6, 6.07) is -0.358. The Labute approximate surface area is 119 Å². The van der Waals surface area contributed by atoms with Crippen LogP contribution in [0.25, 0.3) is 0 Å². The van der Waals surface area contributed by atoms with E-state index in [1.165, 1.54) is 0 Å². The smallest absolute Gasteiger partial charge is 0.249 e. The van der Waals surface area contributed by atoms with E-state index in [1.54, 1.807) is 23.6 Å². The van der Waals surface area contributed by atoms with Crippen molar-refractivity contribution in [1.29, 1.82) is 0 Å². The molecule has 0 aromatic heterocycles. The number of carbonyl (C=O) groups excluding carboxylic acids is 2. The van der Waals surface area contributed by atoms with E-state index in [4.69, 9.17) is 0 Å². The van der Waals surface area contributed by atoms with Gasteiger partial charge < -0.3 is 10.2 Å². The Bertz CT molecular complexity index is 395. The minimum atomic E-state index is -0.674. The van der Waals surface area contributed by atoms with Gasteiger partial charge in [-0.05, 0) is 32.6 Å². The molecule has 2 amide bonds. The van der Waals surface area contributed by atoms with Crippen LogP contribution in [-0.2, 0) is 9.59 Å². The van der Waals surface area contributed by atoms with Crippen LogP contribution >= 0.6 is 11.8 Å². The maximum absolute atomic E-state index is 12.6. The molecule has 1 aliphatic carbocycles. The molecule has 1 aliphatic heterocycles. The molecule has 2 rings (SSSR count). The van der Waals surface area contributed by atoms with Gasteiger partial charge in [0.2, 0.25) is 11.8 Å². The molecule has 4 nitrogen and oxygen atoms in total. The third-order valence-corrected chi connectivity index (χ3v) is 4.98. The average molecular weight is 282 g/mol. The number of carbonyl (C=O) groups is 2. The number of rotatable bonds is 6. The van der Waals surface area contributed by atoms with Gasteiger partial charge in [0, 0.05) is 18.1 Å². The third-order valence-electron chi connectivity index (χ3n) is 4.04. The summed E-state index contributed by atoms with van der Waals surface area (Å²) in [4.78, 5) is 26.4. The van der Waals surface area contributed by atoms with Gasteiger partial charge in [-0.2, -0.15) is 11.8 Å². The second kappa shape index (κ2) is 5.57. The molecule has 2 unspecified atom stereocenters. The minimum Gasteiger partial charge on any atom is -0.340 e. The first-order chi connectivity index (χ1) is 9.00. The van der Waals surface area contributed by atoms with Crippen LogP contribution in [0.5, 0.6) is 0 Å². The fourth-order valence-electron chi connectivity index (χ4n) is 2.59. The van der Waals surface area contributed by atoms with Crippen molar-refractivity contribution in [2.75, 3.05) is 18.1 Å². The lowest BCUT2D eigenvalue weighted by Gasteiger charge is -2.43. The normalized spacial score (nSPS) is 31.3. The van der Waals surface area contributed by atoms with Crippen molar-refractivity contribution in [3.63, 3.8) is 0 Å². The van der Waals surface area contributed by atoms with Crippen molar-refractivity contribution >= 4 is 23.6 Å². The quantitative estimate of drug-likeness (QED) is 0.592. The van der Waals surface area contributed by atoms with Gasteiger partial charge in [0.15, 0.2) is 0 Å². The maximum Gasteiger partial charge on any atom is 0.249 e. The van der Waals surface area contributed by atoms with Gasteiger partial charge >= 0.3 is 0 Å². The van der Waals surface area contributed by atoms with Gasteiger partial charge in [0.05, 0.1) is 0 Å². The summed E-state index contributed by atoms with van der Waals surface area (Å²) < 4.78 is 0. The first-order valence-corrected chi connectivity index (χ1v) is 7.98. The number of nitrogens with one attached hydrogen (secondary N) is 1. The molecule has 2 fully saturated rings. The van der Waals surface area contributed by atoms with Gasteiger partial charge in [0.25, 0.3) is 0 Å². The summed E-state index contributed by atoms with van der Waals surface area (Å²) in [7, 11) is 0. The molecule has 1 saturated heterocycles. The molecule has 1 heterocycles. The predicted octanol–water partition coefficient (Wildman–Crippen LogP) is 1.42. The molecule has 1 N–H and O–H groups in total. The van der Waals surface area contributed by atoms with E-state index in [0.717, 1.165) is 24.3 Å². The van der Waals surface area contributed by atoms with Crippen LogP contribution in [-0.4, -0.2) is 46.3 Å². The van der Waals surface area contributed by atoms with E-state index in [1.807, 2.05) is 13.0 Å². The number of hydrogen-bond acceptors (Lipinski definition) is 3. The van der Waals surface area contributed by atoms with Crippen molar-refractivity contribution in [3.05, 3.63) is 12.7 Å². The zero-order valence-electron chi connectivity index (χ0n) is 11.6. The van der Waals surface area contributed by atoms with Crippen LogP contribution in [0.3, 0.4) is 0 Å². The molecule has 0 bridgehead atoms. The lowest BCUT2D eigenvalue weighted by molar-refractivity contribution is -0.154. The number of nitrogens with zero attached hydrogens (tertiary/aromatic N) is 1. The molecule has 0 spiro atoms. The van der Waals surface area contributed by atoms with Crippen LogP contribution in [0.2, 0.25) is 0 Å². The Morgan fingerprint density at radius 2 is 2.21 bits per heavy atom. The summed E-state index contributed by atoms with van der Waals surface area (Å²) in [5.41, 5.74) is -0.674. The van der Waals surface area contributed by atoms with Crippen molar-refractivity contribution in [1.82, 2.24) is 10.2 Å². The van der Waals surface area contributed by atoms with Crippen molar-refractivity contribution < 1.29 is 9.59 Å². The molecule has 106 valence electrons. The minimum absolute atomic E-state index is 0.0253. The van der Waals surface area contributed by atoms with Crippen molar-refractivity contribution in [2.45, 2.75) is 38.3 Å². The highest BCUT2D eigenvalue weighted by atomic mass is 32.2. The number of amides is 2. The van der Waals surface area contributed by atoms with Gasteiger partial charge in [-0.1, -0.05) is 6.08 Å². The van der Waals surface area contributed by atoms with E-state index in [9.17, 15) is 9.59 Å². The summed E-state index contributed by atoms with van der Waals surface area (Å²) in [5.74, 6) is 2.10. The van der Waals surface area contributed by atoms with Gasteiger partial charge in [-0.3, -0.25) is 9.59 Å². The lowest BCUT2D eigenvalue weighted by atomic mass is 9.90. The van der Waals surface area contributed by atoms with Crippen LogP contribution in [0.1, 0.15) is 26.7 Å². The fraction of sp³-hybridized carbons (Fsp3) is 0.714. The molecular weight excluding hydrogens is 260 g/mol. The molecule has 1 saturated carbocycles. The second-order valence-corrected chi connectivity index (χ2v) is 6.65. The van der Waals surface area contributed by atoms with Gasteiger partial charge in [0.1, 0.15) is 11.6 Å². The number of piperazine rings is 1. The van der Waals surface area contributed by atoms with E-state index < -0.39 is 5.54 Å². The van der Waals surface area contributed by atoms with Crippen LogP contribution < -0.4 is 5.32 Å². The summed E-state index contributed by atoms with van der Waals surface area (Å²) in [6.45, 7) is 7.99. The molecule has 0 aromatic carbocycles. The Hall–Kier alpha value is -0.970. The van der Waals surface area contributed by atoms with Gasteiger partial charge in [-0.25, -0.2) is 0 Å². The third kappa shape index (κ3) is 2.81. The highest BCUT2D eigenvalue weighted by Gasteiger charge is 2.54. The zero-order chi connectivity index (χ0) is 14.0. The van der Waals surface area contributed by atoms with Crippen LogP contribution in [0.15, 0.2) is 12.7 Å². The molecule has 0 aromatic rings. The SMILES string of the molecule is C=CCSCCN1C(=O)C(C)(C2CC2)NC(=O)C1C. The van der Waals surface area contributed by atoms with E-state index in [2.05, 4.69) is 11.9 Å². The standard InChI is InChI=1S/C14H22N2O2S/c1-4-8-19-9-7-16-10(2)12(17)15-14(3,13(16)18)11-5-6-11/h4,10-11H,1,5-9H2,2-3H3,(H,15,17). The zero-order valence-corrected chi connectivity index (χ0v) is 12.5. The highest BCUT2D eigenvalue weighted by Crippen LogP contribution is 2.42. The van der Waals surface area contributed by atoms with Crippen molar-refractivity contribution in [2.24, 2.45) is 5.92 Å². The monoisotopic (exact) mass is 282 g/mol. The summed E-state index contributed by atoms with van der Waals surface area (Å²) in [6.07, 6.45) is 3.93. The van der Waals surface area contributed by atoms with E-state index in [0.29, 0.717) is 12.5 Å². The Morgan fingerprint density at radius 3 is 2.79 bits per heavy atom. The maximum atomic E-state index is 12.6. The van der Waals surface area contributed by atoms with Gasteiger partial charge in [-0.15, -0.1) is 6.58 Å². The Morgan fingerprint density at radius 1 is 1.53 bits per heavy atom. The summed E-state index contributed by atoms with van der Waals surface area (Å²) in [5, 5.41) is 2.93. The largest absolute Gasteiger partial charge is 0.340 e. The number of thioether (sulfide) groups is 1. The number of hydrogen-bond donors (Lipinski definition) is 1. The molecule has 2 atom stereocenters. The Kier molecular flexibility index (Phi) is 4.23. The fourth-order valence-corrected chi connectivity index (χ4v) is 3.25. The van der Waals surface area contributed by atoms with E-state index >= 15 is 0 Å². The van der Waals surface area contributed by atoms with Crippen LogP contribution in [0.4, 0.5) is 0 Å². The Balaban J connectivity index is 2.03. The lowest BCUT2D eigenvalue weighted by Crippen LogP contribution is -2.69. The highest BCUT2D eigenvalue weighted by molar-refractivity contribution is 7.99. The van der Waals surface area contributed by atoms with Crippen molar-refractivity contribution in [3.8, 4) is 0 Å². The topological polar surface area (TPSA) is 49.4 Å². The average Bonchev–Trinajstić information content (AvgIpc) is 3.20. The predicted molar refractivity (Wildman–Crippen MR) is 78.0 cm³/mol. The second-order valence-electron chi connectivity index (χ2n) is 5.50. The summed E-state index contributed by atoms with van der Waals surface area (Å²) >= 11 is 1.73. The molecule has 5 heteroatoms. The first kappa shape index (κ1) is 14.4. The first-order valence-electron chi connectivity index (χ1n) is 6.82.